The fraction of sp³-hybridized carbons (Fsp3) is 0.176. The van der Waals surface area contributed by atoms with Crippen molar-refractivity contribution in [3.63, 3.8) is 0 Å². The number of hydrogen-bond donors (Lipinski definition) is 2. The maximum absolute atomic E-state index is 9.70. The average molecular weight is 314 g/mol. The summed E-state index contributed by atoms with van der Waals surface area (Å²) in [5, 5.41) is 14.6. The number of rotatable bonds is 4. The molecule has 22 heavy (non-hydrogen) atoms. The van der Waals surface area contributed by atoms with Crippen LogP contribution in [0.3, 0.4) is 0 Å². The Hall–Kier alpha value is -2.17. The maximum atomic E-state index is 9.70. The molecule has 0 aliphatic carbocycles. The number of halogens is 1. The Labute approximate surface area is 133 Å². The number of nitrogens with one attached hydrogen (secondary N) is 1. The Morgan fingerprint density at radius 2 is 1.91 bits per heavy atom. The van der Waals surface area contributed by atoms with Gasteiger partial charge >= 0.3 is 0 Å². The van der Waals surface area contributed by atoms with Crippen molar-refractivity contribution in [1.29, 1.82) is 0 Å². The van der Waals surface area contributed by atoms with Crippen molar-refractivity contribution in [1.82, 2.24) is 9.97 Å². The second-order valence-electron chi connectivity index (χ2n) is 5.12. The zero-order valence-corrected chi connectivity index (χ0v) is 12.9. The molecular formula is C17H16ClN3O. The zero-order chi connectivity index (χ0) is 15.5. The summed E-state index contributed by atoms with van der Waals surface area (Å²) in [6.45, 7) is 1.97. The fourth-order valence-electron chi connectivity index (χ4n) is 2.44. The number of aliphatic hydroxyl groups excluding tert-OH is 1. The molecule has 2 aromatic carbocycles. The van der Waals surface area contributed by atoms with Gasteiger partial charge in [-0.3, -0.25) is 0 Å². The number of fused-ring (bicyclic) bond motifs is 1. The first kappa shape index (κ1) is 14.8. The number of nitrogens with zero attached hydrogens (tertiary/aromatic N) is 2. The van der Waals surface area contributed by atoms with Gasteiger partial charge in [0.15, 0.2) is 0 Å². The largest absolute Gasteiger partial charge is 0.394 e. The van der Waals surface area contributed by atoms with Crippen LogP contribution >= 0.6 is 11.6 Å². The standard InChI is InChI=1S/C17H16ClN3O/c1-11-3-2-4-14-16(11)19-10-20-17(14)21-15(9-22)12-5-7-13(18)8-6-12/h2-8,10,15,22H,9H2,1H3,(H,19,20,21). The van der Waals surface area contributed by atoms with Gasteiger partial charge in [-0.05, 0) is 36.2 Å². The van der Waals surface area contributed by atoms with E-state index in [0.29, 0.717) is 10.8 Å². The Morgan fingerprint density at radius 3 is 2.64 bits per heavy atom. The van der Waals surface area contributed by atoms with Gasteiger partial charge in [-0.25, -0.2) is 9.97 Å². The van der Waals surface area contributed by atoms with Crippen LogP contribution in [0.5, 0.6) is 0 Å². The van der Waals surface area contributed by atoms with E-state index in [-0.39, 0.29) is 12.6 Å². The number of hydrogen-bond acceptors (Lipinski definition) is 4. The zero-order valence-electron chi connectivity index (χ0n) is 12.1. The van der Waals surface area contributed by atoms with E-state index in [0.717, 1.165) is 22.0 Å². The molecule has 3 rings (SSSR count). The van der Waals surface area contributed by atoms with Crippen molar-refractivity contribution in [2.24, 2.45) is 0 Å². The minimum absolute atomic E-state index is 0.0427. The first-order valence-corrected chi connectivity index (χ1v) is 7.40. The van der Waals surface area contributed by atoms with E-state index in [1.165, 1.54) is 6.33 Å². The van der Waals surface area contributed by atoms with Gasteiger partial charge in [0.05, 0.1) is 18.2 Å². The normalized spacial score (nSPS) is 12.3. The maximum Gasteiger partial charge on any atom is 0.137 e. The Bertz CT molecular complexity index is 790. The number of anilines is 1. The number of aliphatic hydroxyl groups is 1. The molecule has 1 aromatic heterocycles. The van der Waals surface area contributed by atoms with Crippen molar-refractivity contribution in [2.45, 2.75) is 13.0 Å². The lowest BCUT2D eigenvalue weighted by molar-refractivity contribution is 0.276. The first-order valence-electron chi connectivity index (χ1n) is 7.02. The quantitative estimate of drug-likeness (QED) is 0.770. The molecule has 1 unspecified atom stereocenters. The Morgan fingerprint density at radius 1 is 1.14 bits per heavy atom. The van der Waals surface area contributed by atoms with Crippen LogP contribution in [0.25, 0.3) is 10.9 Å². The lowest BCUT2D eigenvalue weighted by Crippen LogP contribution is -2.16. The molecule has 0 aliphatic heterocycles. The van der Waals surface area contributed by atoms with Crippen molar-refractivity contribution >= 4 is 28.3 Å². The Balaban J connectivity index is 1.97. The van der Waals surface area contributed by atoms with Crippen LogP contribution in [0.15, 0.2) is 48.8 Å². The fourth-order valence-corrected chi connectivity index (χ4v) is 2.57. The highest BCUT2D eigenvalue weighted by atomic mass is 35.5. The minimum atomic E-state index is -0.254. The van der Waals surface area contributed by atoms with E-state index in [1.54, 1.807) is 0 Å². The monoisotopic (exact) mass is 313 g/mol. The summed E-state index contributed by atoms with van der Waals surface area (Å²) in [5.74, 6) is 0.711. The highest BCUT2D eigenvalue weighted by Crippen LogP contribution is 2.26. The number of benzene rings is 2. The van der Waals surface area contributed by atoms with Crippen LogP contribution in [0, 0.1) is 6.92 Å². The highest BCUT2D eigenvalue weighted by Gasteiger charge is 2.13. The summed E-state index contributed by atoms with van der Waals surface area (Å²) in [4.78, 5) is 8.65. The summed E-state index contributed by atoms with van der Waals surface area (Å²) in [6.07, 6.45) is 1.54. The van der Waals surface area contributed by atoms with Gasteiger partial charge in [0, 0.05) is 10.4 Å². The van der Waals surface area contributed by atoms with Crippen LogP contribution in [0.2, 0.25) is 5.02 Å². The summed E-state index contributed by atoms with van der Waals surface area (Å²) >= 11 is 5.91. The SMILES string of the molecule is Cc1cccc2c(NC(CO)c3ccc(Cl)cc3)ncnc12. The number of aromatic nitrogens is 2. The molecule has 0 fully saturated rings. The molecule has 4 nitrogen and oxygen atoms in total. The first-order chi connectivity index (χ1) is 10.7. The van der Waals surface area contributed by atoms with E-state index in [9.17, 15) is 5.11 Å². The van der Waals surface area contributed by atoms with Gasteiger partial charge < -0.3 is 10.4 Å². The lowest BCUT2D eigenvalue weighted by atomic mass is 10.1. The second-order valence-corrected chi connectivity index (χ2v) is 5.56. The molecular weight excluding hydrogens is 298 g/mol. The Kier molecular flexibility index (Phi) is 4.22. The van der Waals surface area contributed by atoms with Crippen LogP contribution in [-0.4, -0.2) is 21.7 Å². The van der Waals surface area contributed by atoms with Crippen molar-refractivity contribution in [3.05, 3.63) is 64.9 Å². The predicted octanol–water partition coefficient (Wildman–Crippen LogP) is 3.74. The van der Waals surface area contributed by atoms with Gasteiger partial charge in [0.2, 0.25) is 0 Å². The third-order valence-corrected chi connectivity index (χ3v) is 3.88. The van der Waals surface area contributed by atoms with Crippen LogP contribution < -0.4 is 5.32 Å². The molecule has 0 bridgehead atoms. The molecule has 0 radical (unpaired) electrons. The van der Waals surface area contributed by atoms with E-state index in [4.69, 9.17) is 11.6 Å². The number of para-hydroxylation sites is 1. The van der Waals surface area contributed by atoms with Crippen molar-refractivity contribution in [3.8, 4) is 0 Å². The second kappa shape index (κ2) is 6.30. The summed E-state index contributed by atoms with van der Waals surface area (Å²) in [7, 11) is 0. The molecule has 0 amide bonds. The molecule has 1 heterocycles. The van der Waals surface area contributed by atoms with Gasteiger partial charge in [-0.2, -0.15) is 0 Å². The average Bonchev–Trinajstić information content (AvgIpc) is 2.54. The smallest absolute Gasteiger partial charge is 0.137 e. The lowest BCUT2D eigenvalue weighted by Gasteiger charge is -2.18. The van der Waals surface area contributed by atoms with Gasteiger partial charge in [0.25, 0.3) is 0 Å². The summed E-state index contributed by atoms with van der Waals surface area (Å²) < 4.78 is 0. The number of aryl methyl sites for hydroxylation is 1. The third kappa shape index (κ3) is 2.89. The topological polar surface area (TPSA) is 58.0 Å². The molecule has 0 spiro atoms. The third-order valence-electron chi connectivity index (χ3n) is 3.63. The van der Waals surface area contributed by atoms with Gasteiger partial charge in [-0.15, -0.1) is 0 Å². The molecule has 3 aromatic rings. The minimum Gasteiger partial charge on any atom is -0.394 e. The van der Waals surface area contributed by atoms with Crippen LogP contribution in [0.4, 0.5) is 5.82 Å². The van der Waals surface area contributed by atoms with Crippen molar-refractivity contribution < 1.29 is 5.11 Å². The molecule has 0 saturated heterocycles. The van der Waals surface area contributed by atoms with E-state index in [2.05, 4.69) is 15.3 Å². The van der Waals surface area contributed by atoms with E-state index < -0.39 is 0 Å². The van der Waals surface area contributed by atoms with E-state index in [1.807, 2.05) is 49.4 Å². The van der Waals surface area contributed by atoms with E-state index >= 15 is 0 Å². The van der Waals surface area contributed by atoms with Crippen LogP contribution in [0.1, 0.15) is 17.2 Å². The van der Waals surface area contributed by atoms with Gasteiger partial charge in [-0.1, -0.05) is 35.9 Å². The van der Waals surface area contributed by atoms with Crippen molar-refractivity contribution in [2.75, 3.05) is 11.9 Å². The molecule has 1 atom stereocenters. The summed E-state index contributed by atoms with van der Waals surface area (Å²) in [5.41, 5.74) is 2.95. The highest BCUT2D eigenvalue weighted by molar-refractivity contribution is 6.30. The molecule has 5 heteroatoms. The predicted molar refractivity (Wildman–Crippen MR) is 89.2 cm³/mol. The van der Waals surface area contributed by atoms with Gasteiger partial charge in [0.1, 0.15) is 12.1 Å². The summed E-state index contributed by atoms with van der Waals surface area (Å²) in [6, 6.07) is 13.1. The molecule has 2 N–H and O–H groups in total. The van der Waals surface area contributed by atoms with Crippen LogP contribution in [-0.2, 0) is 0 Å². The molecule has 112 valence electrons. The molecule has 0 aliphatic rings. The molecule has 0 saturated carbocycles.